The lowest BCUT2D eigenvalue weighted by Gasteiger charge is -2.44. The number of alkyl carbamates (subject to hydrolysis) is 1. The molecule has 0 radical (unpaired) electrons. The highest BCUT2D eigenvalue weighted by atomic mass is 16.6. The lowest BCUT2D eigenvalue weighted by atomic mass is 9.90. The van der Waals surface area contributed by atoms with Gasteiger partial charge in [0.1, 0.15) is 23.4 Å². The van der Waals surface area contributed by atoms with Crippen molar-refractivity contribution in [3.05, 3.63) is 64.7 Å². The van der Waals surface area contributed by atoms with E-state index in [1.807, 2.05) is 52.8 Å². The van der Waals surface area contributed by atoms with Crippen LogP contribution in [0.2, 0.25) is 0 Å². The van der Waals surface area contributed by atoms with Crippen molar-refractivity contribution < 1.29 is 33.8 Å². The summed E-state index contributed by atoms with van der Waals surface area (Å²) in [6.45, 7) is 16.7. The van der Waals surface area contributed by atoms with E-state index in [4.69, 9.17) is 9.47 Å². The maximum Gasteiger partial charge on any atom is 0.408 e. The summed E-state index contributed by atoms with van der Waals surface area (Å²) in [7, 11) is 0. The maximum atomic E-state index is 14.7. The Labute approximate surface area is 261 Å². The number of rotatable bonds is 13. The predicted octanol–water partition coefficient (Wildman–Crippen LogP) is 5.27. The molecule has 3 amide bonds. The van der Waals surface area contributed by atoms with Crippen molar-refractivity contribution in [3.8, 4) is 5.75 Å². The van der Waals surface area contributed by atoms with Crippen LogP contribution >= 0.6 is 0 Å². The van der Waals surface area contributed by atoms with Gasteiger partial charge in [-0.3, -0.25) is 14.4 Å². The molecule has 242 valence electrons. The Hall–Kier alpha value is -4.08. The van der Waals surface area contributed by atoms with Crippen LogP contribution in [-0.4, -0.2) is 64.2 Å². The van der Waals surface area contributed by atoms with E-state index < -0.39 is 47.1 Å². The van der Waals surface area contributed by atoms with Gasteiger partial charge >= 0.3 is 12.1 Å². The number of amides is 3. The number of carbonyl (C=O) groups is 4. The van der Waals surface area contributed by atoms with Crippen molar-refractivity contribution in [1.82, 2.24) is 15.5 Å². The number of benzene rings is 2. The van der Waals surface area contributed by atoms with Crippen LogP contribution in [0, 0.1) is 13.8 Å². The summed E-state index contributed by atoms with van der Waals surface area (Å²) in [6.07, 6.45) is -0.216. The van der Waals surface area contributed by atoms with E-state index in [-0.39, 0.29) is 31.7 Å². The fraction of sp³-hybridized carbons (Fsp3) is 0.529. The summed E-state index contributed by atoms with van der Waals surface area (Å²) in [5.74, 6) is -1.32. The quantitative estimate of drug-likeness (QED) is 0.263. The van der Waals surface area contributed by atoms with Crippen molar-refractivity contribution in [2.24, 2.45) is 0 Å². The molecule has 0 aliphatic carbocycles. The van der Waals surface area contributed by atoms with Crippen LogP contribution in [0.5, 0.6) is 5.75 Å². The molecule has 0 aliphatic rings. The smallest absolute Gasteiger partial charge is 0.408 e. The second-order valence-corrected chi connectivity index (χ2v) is 12.5. The zero-order valence-electron chi connectivity index (χ0n) is 27.6. The van der Waals surface area contributed by atoms with Gasteiger partial charge < -0.3 is 30.1 Å². The van der Waals surface area contributed by atoms with Crippen molar-refractivity contribution in [3.63, 3.8) is 0 Å². The molecule has 10 heteroatoms. The molecule has 0 heterocycles. The van der Waals surface area contributed by atoms with Gasteiger partial charge in [-0.25, -0.2) is 4.79 Å². The lowest BCUT2D eigenvalue weighted by Crippen LogP contribution is -2.60. The number of phenols is 1. The topological polar surface area (TPSA) is 134 Å². The Morgan fingerprint density at radius 2 is 1.57 bits per heavy atom. The molecule has 44 heavy (non-hydrogen) atoms. The summed E-state index contributed by atoms with van der Waals surface area (Å²) < 4.78 is 10.5. The van der Waals surface area contributed by atoms with Crippen molar-refractivity contribution >= 4 is 23.9 Å². The average Bonchev–Trinajstić information content (AvgIpc) is 2.92. The monoisotopic (exact) mass is 611 g/mol. The molecule has 2 atom stereocenters. The zero-order valence-corrected chi connectivity index (χ0v) is 27.6. The number of carbonyl (C=O) groups excluding carboxylic acids is 4. The van der Waals surface area contributed by atoms with Crippen LogP contribution in [0.25, 0.3) is 0 Å². The van der Waals surface area contributed by atoms with E-state index in [0.717, 1.165) is 11.1 Å². The van der Waals surface area contributed by atoms with Crippen molar-refractivity contribution in [1.29, 1.82) is 0 Å². The third kappa shape index (κ3) is 10.6. The molecule has 2 aromatic carbocycles. The Balaban J connectivity index is 2.64. The van der Waals surface area contributed by atoms with Crippen LogP contribution < -0.4 is 10.6 Å². The normalized spacial score (nSPS) is 12.9. The fourth-order valence-corrected chi connectivity index (χ4v) is 4.60. The zero-order chi connectivity index (χ0) is 33.2. The third-order valence-corrected chi connectivity index (χ3v) is 7.41. The number of hydrogen-bond acceptors (Lipinski definition) is 7. The molecule has 0 aromatic heterocycles. The van der Waals surface area contributed by atoms with E-state index in [1.165, 1.54) is 17.0 Å². The van der Waals surface area contributed by atoms with Crippen LogP contribution in [0.15, 0.2) is 42.5 Å². The van der Waals surface area contributed by atoms with Crippen LogP contribution in [-0.2, 0) is 30.3 Å². The number of phenolic OH excluding ortho intramolecular Hbond substituents is 1. The highest BCUT2D eigenvalue weighted by Gasteiger charge is 2.43. The number of ether oxygens (including phenoxy) is 2. The third-order valence-electron chi connectivity index (χ3n) is 7.41. The summed E-state index contributed by atoms with van der Waals surface area (Å²) in [4.78, 5) is 55.2. The lowest BCUT2D eigenvalue weighted by molar-refractivity contribution is -0.149. The first-order valence-corrected chi connectivity index (χ1v) is 15.1. The Morgan fingerprint density at radius 1 is 0.932 bits per heavy atom. The minimum absolute atomic E-state index is 0.0198. The Morgan fingerprint density at radius 3 is 2.11 bits per heavy atom. The minimum atomic E-state index is -1.11. The molecule has 2 rings (SSSR count). The molecule has 3 N–H and O–H groups in total. The standard InChI is InChI=1S/C34H49N3O7/c1-10-34(8,9)37(29(25-15-12-22(3)23(4)20-25)30(40)35-19-18-28(39)43-11-2)31(41)27(36-32(42)44-33(5,6)7)21-24-13-16-26(38)17-14-24/h12-17,20,27,29,38H,10-11,18-19,21H2,1-9H3,(H,35,40)(H,36,42). The first-order chi connectivity index (χ1) is 20.5. The maximum absolute atomic E-state index is 14.7. The molecule has 0 fully saturated rings. The van der Waals surface area contributed by atoms with Gasteiger partial charge in [-0.15, -0.1) is 0 Å². The minimum Gasteiger partial charge on any atom is -0.508 e. The Bertz CT molecular complexity index is 1300. The second kappa shape index (κ2) is 15.6. The number of aryl methyl sites for hydroxylation is 2. The molecule has 2 unspecified atom stereocenters. The van der Waals surface area contributed by atoms with Gasteiger partial charge in [0.15, 0.2) is 0 Å². The van der Waals surface area contributed by atoms with Crippen molar-refractivity contribution in [2.75, 3.05) is 13.2 Å². The first kappa shape index (κ1) is 36.1. The van der Waals surface area contributed by atoms with Gasteiger partial charge in [-0.05, 0) is 96.2 Å². The molecular formula is C34H49N3O7. The molecule has 0 saturated carbocycles. The summed E-state index contributed by atoms with van der Waals surface area (Å²) >= 11 is 0. The summed E-state index contributed by atoms with van der Waals surface area (Å²) in [5.41, 5.74) is 1.60. The van der Waals surface area contributed by atoms with Gasteiger partial charge in [0.2, 0.25) is 11.8 Å². The van der Waals surface area contributed by atoms with Gasteiger partial charge in [0, 0.05) is 18.5 Å². The Kier molecular flexibility index (Phi) is 12.8. The fourth-order valence-electron chi connectivity index (χ4n) is 4.60. The summed E-state index contributed by atoms with van der Waals surface area (Å²) in [5, 5.41) is 15.4. The second-order valence-electron chi connectivity index (χ2n) is 12.5. The van der Waals surface area contributed by atoms with E-state index in [9.17, 15) is 24.3 Å². The molecule has 10 nitrogen and oxygen atoms in total. The SMILES string of the molecule is CCOC(=O)CCNC(=O)C(c1ccc(C)c(C)c1)N(C(=O)C(Cc1ccc(O)cc1)NC(=O)OC(C)(C)C)C(C)(C)CC. The van der Waals surface area contributed by atoms with Gasteiger partial charge in [0.25, 0.3) is 0 Å². The number of hydrogen-bond donors (Lipinski definition) is 3. The van der Waals surface area contributed by atoms with E-state index in [2.05, 4.69) is 10.6 Å². The highest BCUT2D eigenvalue weighted by Crippen LogP contribution is 2.33. The van der Waals surface area contributed by atoms with Crippen LogP contribution in [0.1, 0.15) is 89.6 Å². The van der Waals surface area contributed by atoms with E-state index in [1.54, 1.807) is 39.8 Å². The average molecular weight is 612 g/mol. The van der Waals surface area contributed by atoms with E-state index in [0.29, 0.717) is 17.5 Å². The molecule has 0 spiro atoms. The first-order valence-electron chi connectivity index (χ1n) is 15.1. The van der Waals surface area contributed by atoms with Gasteiger partial charge in [-0.2, -0.15) is 0 Å². The number of esters is 1. The molecule has 2 aromatic rings. The van der Waals surface area contributed by atoms with Gasteiger partial charge in [-0.1, -0.05) is 37.3 Å². The van der Waals surface area contributed by atoms with Crippen LogP contribution in [0.4, 0.5) is 4.79 Å². The van der Waals surface area contributed by atoms with E-state index >= 15 is 0 Å². The number of nitrogens with zero attached hydrogens (tertiary/aromatic N) is 1. The molecular weight excluding hydrogens is 562 g/mol. The molecule has 0 saturated heterocycles. The number of nitrogens with one attached hydrogen (secondary N) is 2. The largest absolute Gasteiger partial charge is 0.508 e. The summed E-state index contributed by atoms with van der Waals surface area (Å²) in [6, 6.07) is 9.77. The molecule has 0 bridgehead atoms. The number of aromatic hydroxyl groups is 1. The van der Waals surface area contributed by atoms with Crippen LogP contribution in [0.3, 0.4) is 0 Å². The highest BCUT2D eigenvalue weighted by molar-refractivity contribution is 5.93. The molecule has 0 aliphatic heterocycles. The van der Waals surface area contributed by atoms with Gasteiger partial charge in [0.05, 0.1) is 13.0 Å². The van der Waals surface area contributed by atoms with Crippen molar-refractivity contribution in [2.45, 2.75) is 105 Å². The predicted molar refractivity (Wildman–Crippen MR) is 169 cm³/mol.